The highest BCUT2D eigenvalue weighted by molar-refractivity contribution is 6.40. The molecule has 2 rings (SSSR count). The van der Waals surface area contributed by atoms with Crippen molar-refractivity contribution in [3.05, 3.63) is 57.6 Å². The van der Waals surface area contributed by atoms with E-state index in [-0.39, 0.29) is 32.6 Å². The minimum absolute atomic E-state index is 0.0290. The summed E-state index contributed by atoms with van der Waals surface area (Å²) in [5, 5.41) is 21.1. The van der Waals surface area contributed by atoms with Gasteiger partial charge < -0.3 is 15.5 Å². The first-order valence-corrected chi connectivity index (χ1v) is 6.47. The molecular weight excluding hydrogens is 317 g/mol. The second kappa shape index (κ2) is 6.03. The summed E-state index contributed by atoms with van der Waals surface area (Å²) in [5.41, 5.74) is -0.168. The summed E-state index contributed by atoms with van der Waals surface area (Å²) in [7, 11) is 0. The van der Waals surface area contributed by atoms with Crippen LogP contribution in [0.5, 0.6) is 5.75 Å². The molecule has 108 valence electrons. The lowest BCUT2D eigenvalue weighted by Crippen LogP contribution is -2.15. The summed E-state index contributed by atoms with van der Waals surface area (Å²) in [5.74, 6) is -2.15. The van der Waals surface area contributed by atoms with Crippen molar-refractivity contribution in [3.8, 4) is 5.75 Å². The fourth-order valence-electron chi connectivity index (χ4n) is 1.72. The molecule has 0 unspecified atom stereocenters. The number of carboxylic acid groups (broad SMARTS) is 1. The van der Waals surface area contributed by atoms with Gasteiger partial charge in [-0.3, -0.25) is 4.79 Å². The van der Waals surface area contributed by atoms with Gasteiger partial charge in [-0.15, -0.1) is 0 Å². The van der Waals surface area contributed by atoms with Crippen LogP contribution in [-0.2, 0) is 0 Å². The van der Waals surface area contributed by atoms with Crippen LogP contribution in [0.2, 0.25) is 10.0 Å². The van der Waals surface area contributed by atoms with Gasteiger partial charge in [-0.05, 0) is 30.3 Å². The van der Waals surface area contributed by atoms with Gasteiger partial charge in [-0.25, -0.2) is 4.79 Å². The van der Waals surface area contributed by atoms with Crippen LogP contribution in [0.15, 0.2) is 36.4 Å². The number of anilines is 1. The lowest BCUT2D eigenvalue weighted by molar-refractivity contribution is 0.0697. The molecule has 0 saturated carbocycles. The normalized spacial score (nSPS) is 10.2. The summed E-state index contributed by atoms with van der Waals surface area (Å²) >= 11 is 11.8. The Labute approximate surface area is 129 Å². The highest BCUT2D eigenvalue weighted by atomic mass is 35.5. The number of rotatable bonds is 3. The molecular formula is C14H9Cl2NO4. The highest BCUT2D eigenvalue weighted by Crippen LogP contribution is 2.27. The van der Waals surface area contributed by atoms with Gasteiger partial charge in [0.25, 0.3) is 5.91 Å². The first-order chi connectivity index (χ1) is 9.90. The van der Waals surface area contributed by atoms with Crippen LogP contribution in [-0.4, -0.2) is 22.1 Å². The van der Waals surface area contributed by atoms with Crippen LogP contribution in [0.3, 0.4) is 0 Å². The summed E-state index contributed by atoms with van der Waals surface area (Å²) in [4.78, 5) is 23.3. The Hall–Kier alpha value is -2.24. The summed E-state index contributed by atoms with van der Waals surface area (Å²) in [6.45, 7) is 0. The Morgan fingerprint density at radius 1 is 1.05 bits per heavy atom. The maximum Gasteiger partial charge on any atom is 0.337 e. The van der Waals surface area contributed by atoms with E-state index in [1.165, 1.54) is 24.3 Å². The van der Waals surface area contributed by atoms with E-state index in [2.05, 4.69) is 5.32 Å². The molecule has 3 N–H and O–H groups in total. The van der Waals surface area contributed by atoms with E-state index in [9.17, 15) is 14.7 Å². The molecule has 2 aromatic carbocycles. The molecule has 7 heteroatoms. The Kier molecular flexibility index (Phi) is 4.35. The Bertz CT molecular complexity index is 711. The van der Waals surface area contributed by atoms with Gasteiger partial charge in [0, 0.05) is 0 Å². The first kappa shape index (κ1) is 15.2. The predicted octanol–water partition coefficient (Wildman–Crippen LogP) is 3.65. The third-order valence-electron chi connectivity index (χ3n) is 2.67. The molecule has 1 amide bonds. The van der Waals surface area contributed by atoms with E-state index in [1.54, 1.807) is 6.07 Å². The molecule has 21 heavy (non-hydrogen) atoms. The number of phenols is 1. The largest absolute Gasteiger partial charge is 0.508 e. The van der Waals surface area contributed by atoms with Gasteiger partial charge in [-0.2, -0.15) is 0 Å². The van der Waals surface area contributed by atoms with Crippen molar-refractivity contribution in [3.63, 3.8) is 0 Å². The van der Waals surface area contributed by atoms with Gasteiger partial charge in [0.1, 0.15) is 5.75 Å². The van der Waals surface area contributed by atoms with Crippen LogP contribution in [0.25, 0.3) is 0 Å². The number of aromatic carboxylic acids is 1. The van der Waals surface area contributed by atoms with Gasteiger partial charge >= 0.3 is 5.97 Å². The van der Waals surface area contributed by atoms with Crippen molar-refractivity contribution in [1.82, 2.24) is 0 Å². The maximum absolute atomic E-state index is 12.2. The molecule has 0 aromatic heterocycles. The number of carboxylic acids is 1. The Morgan fingerprint density at radius 3 is 2.24 bits per heavy atom. The lowest BCUT2D eigenvalue weighted by atomic mass is 10.1. The summed E-state index contributed by atoms with van der Waals surface area (Å²) in [6.07, 6.45) is 0. The number of carbonyl (C=O) groups excluding carboxylic acids is 1. The Morgan fingerprint density at radius 2 is 1.67 bits per heavy atom. The lowest BCUT2D eigenvalue weighted by Gasteiger charge is -2.11. The zero-order valence-corrected chi connectivity index (χ0v) is 11.9. The van der Waals surface area contributed by atoms with Crippen LogP contribution in [0.4, 0.5) is 5.69 Å². The third kappa shape index (κ3) is 3.26. The van der Waals surface area contributed by atoms with Gasteiger partial charge in [0.05, 0.1) is 26.9 Å². The van der Waals surface area contributed by atoms with Crippen LogP contribution in [0, 0.1) is 0 Å². The predicted molar refractivity (Wildman–Crippen MR) is 79.5 cm³/mol. The van der Waals surface area contributed by atoms with E-state index in [4.69, 9.17) is 28.3 Å². The Balaban J connectivity index is 2.39. The van der Waals surface area contributed by atoms with Crippen LogP contribution >= 0.6 is 23.2 Å². The van der Waals surface area contributed by atoms with E-state index in [0.717, 1.165) is 6.07 Å². The minimum atomic E-state index is -1.29. The molecule has 0 fully saturated rings. The van der Waals surface area contributed by atoms with Crippen molar-refractivity contribution in [1.29, 1.82) is 0 Å². The number of carbonyl (C=O) groups is 2. The quantitative estimate of drug-likeness (QED) is 0.752. The van der Waals surface area contributed by atoms with Crippen molar-refractivity contribution in [2.45, 2.75) is 0 Å². The average molecular weight is 326 g/mol. The first-order valence-electron chi connectivity index (χ1n) is 5.72. The number of aromatic hydroxyl groups is 1. The van der Waals surface area contributed by atoms with E-state index >= 15 is 0 Å². The fraction of sp³-hybridized carbons (Fsp3) is 0. The zero-order chi connectivity index (χ0) is 15.6. The van der Waals surface area contributed by atoms with Crippen LogP contribution in [0.1, 0.15) is 20.7 Å². The second-order valence-electron chi connectivity index (χ2n) is 4.09. The van der Waals surface area contributed by atoms with Crippen LogP contribution < -0.4 is 5.32 Å². The van der Waals surface area contributed by atoms with Gasteiger partial charge in [0.2, 0.25) is 0 Å². The smallest absolute Gasteiger partial charge is 0.337 e. The van der Waals surface area contributed by atoms with Gasteiger partial charge in [0.15, 0.2) is 0 Å². The molecule has 0 spiro atoms. The number of halogens is 2. The molecule has 0 heterocycles. The van der Waals surface area contributed by atoms with Crippen molar-refractivity contribution < 1.29 is 19.8 Å². The zero-order valence-electron chi connectivity index (χ0n) is 10.4. The molecule has 5 nitrogen and oxygen atoms in total. The molecule has 0 aliphatic heterocycles. The number of hydrogen-bond acceptors (Lipinski definition) is 3. The number of hydrogen-bond donors (Lipinski definition) is 3. The number of amides is 1. The van der Waals surface area contributed by atoms with Gasteiger partial charge in [-0.1, -0.05) is 29.3 Å². The number of benzene rings is 2. The third-order valence-corrected chi connectivity index (χ3v) is 3.30. The molecule has 2 aromatic rings. The van der Waals surface area contributed by atoms with Crippen molar-refractivity contribution in [2.75, 3.05) is 5.32 Å². The second-order valence-corrected chi connectivity index (χ2v) is 4.90. The summed E-state index contributed by atoms with van der Waals surface area (Å²) < 4.78 is 0. The number of phenolic OH excluding ortho intramolecular Hbond substituents is 1. The highest BCUT2D eigenvalue weighted by Gasteiger charge is 2.18. The fourth-order valence-corrected chi connectivity index (χ4v) is 2.29. The molecule has 0 aliphatic rings. The molecule has 0 bridgehead atoms. The SMILES string of the molecule is O=C(O)c1cc(O)ccc1NC(=O)c1c(Cl)cccc1Cl. The average Bonchev–Trinajstić information content (AvgIpc) is 2.40. The minimum Gasteiger partial charge on any atom is -0.508 e. The summed E-state index contributed by atoms with van der Waals surface area (Å²) in [6, 6.07) is 8.16. The topological polar surface area (TPSA) is 86.6 Å². The number of nitrogens with one attached hydrogen (secondary N) is 1. The molecule has 0 saturated heterocycles. The van der Waals surface area contributed by atoms with Crippen molar-refractivity contribution in [2.24, 2.45) is 0 Å². The van der Waals surface area contributed by atoms with E-state index in [1.807, 2.05) is 0 Å². The van der Waals surface area contributed by atoms with E-state index in [0.29, 0.717) is 0 Å². The molecule has 0 radical (unpaired) electrons. The standard InChI is InChI=1S/C14H9Cl2NO4/c15-9-2-1-3-10(16)12(9)13(19)17-11-5-4-7(18)6-8(11)14(20)21/h1-6,18H,(H,17,19)(H,20,21). The molecule has 0 aliphatic carbocycles. The van der Waals surface area contributed by atoms with E-state index < -0.39 is 11.9 Å². The monoisotopic (exact) mass is 325 g/mol. The van der Waals surface area contributed by atoms with Crippen molar-refractivity contribution >= 4 is 40.8 Å². The molecule has 0 atom stereocenters. The maximum atomic E-state index is 12.2.